The molecule has 12 heavy (non-hydrogen) atoms. The first-order chi connectivity index (χ1) is 5.72. The number of aromatic nitrogens is 2. The molecule has 0 unspecified atom stereocenters. The molecule has 1 rings (SSSR count). The molecule has 1 heterocycles. The predicted octanol–water partition coefficient (Wildman–Crippen LogP) is 2.73. The lowest BCUT2D eigenvalue weighted by molar-refractivity contribution is 0.985. The van der Waals surface area contributed by atoms with Crippen LogP contribution in [-0.4, -0.2) is 15.7 Å². The zero-order chi connectivity index (χ0) is 8.97. The molecule has 0 aliphatic carbocycles. The standard InChI is InChI=1S/C8H10N2S2/c1-3-4-12-7-5-6(2)9-8(11)10-7/h3,5H,1,4H2,2H3,(H,9,10,11). The molecule has 4 heteroatoms. The van der Waals surface area contributed by atoms with Crippen LogP contribution in [0.5, 0.6) is 0 Å². The molecule has 0 saturated carbocycles. The van der Waals surface area contributed by atoms with E-state index in [0.717, 1.165) is 16.5 Å². The fraction of sp³-hybridized carbons (Fsp3) is 0.250. The van der Waals surface area contributed by atoms with E-state index >= 15 is 0 Å². The van der Waals surface area contributed by atoms with Crippen LogP contribution in [0.15, 0.2) is 23.7 Å². The molecule has 0 bridgehead atoms. The number of hydrogen-bond donors (Lipinski definition) is 1. The van der Waals surface area contributed by atoms with E-state index in [1.54, 1.807) is 11.8 Å². The average molecular weight is 198 g/mol. The Morgan fingerprint density at radius 2 is 2.58 bits per heavy atom. The van der Waals surface area contributed by atoms with E-state index in [4.69, 9.17) is 12.2 Å². The molecule has 1 aromatic heterocycles. The van der Waals surface area contributed by atoms with Crippen molar-refractivity contribution in [2.24, 2.45) is 0 Å². The highest BCUT2D eigenvalue weighted by Gasteiger charge is 1.94. The number of nitrogens with zero attached hydrogens (tertiary/aromatic N) is 1. The van der Waals surface area contributed by atoms with Crippen molar-refractivity contribution < 1.29 is 0 Å². The van der Waals surface area contributed by atoms with Crippen molar-refractivity contribution in [1.82, 2.24) is 9.97 Å². The number of aryl methyl sites for hydroxylation is 1. The lowest BCUT2D eigenvalue weighted by Crippen LogP contribution is -1.88. The first kappa shape index (κ1) is 9.48. The average Bonchev–Trinajstić information content (AvgIpc) is 1.99. The summed E-state index contributed by atoms with van der Waals surface area (Å²) in [6, 6.07) is 1.98. The molecule has 1 aromatic rings. The fourth-order valence-electron chi connectivity index (χ4n) is 0.769. The quantitative estimate of drug-likeness (QED) is 0.350. The van der Waals surface area contributed by atoms with E-state index in [0.29, 0.717) is 4.77 Å². The van der Waals surface area contributed by atoms with Crippen molar-refractivity contribution in [3.63, 3.8) is 0 Å². The van der Waals surface area contributed by atoms with Gasteiger partial charge >= 0.3 is 0 Å². The fourth-order valence-corrected chi connectivity index (χ4v) is 1.79. The number of aromatic amines is 1. The molecule has 2 nitrogen and oxygen atoms in total. The second-order valence-electron chi connectivity index (χ2n) is 2.31. The monoisotopic (exact) mass is 198 g/mol. The van der Waals surface area contributed by atoms with Crippen LogP contribution < -0.4 is 0 Å². The van der Waals surface area contributed by atoms with E-state index in [2.05, 4.69) is 16.5 Å². The molecule has 0 aromatic carbocycles. The van der Waals surface area contributed by atoms with Gasteiger partial charge in [-0.05, 0) is 25.2 Å². The molecule has 0 fully saturated rings. The summed E-state index contributed by atoms with van der Waals surface area (Å²) in [7, 11) is 0. The highest BCUT2D eigenvalue weighted by Crippen LogP contribution is 2.14. The van der Waals surface area contributed by atoms with E-state index in [1.807, 2.05) is 19.1 Å². The number of H-pyrrole nitrogens is 1. The minimum Gasteiger partial charge on any atom is -0.335 e. The third-order valence-electron chi connectivity index (χ3n) is 1.20. The van der Waals surface area contributed by atoms with Crippen LogP contribution in [0.25, 0.3) is 0 Å². The van der Waals surface area contributed by atoms with E-state index < -0.39 is 0 Å². The summed E-state index contributed by atoms with van der Waals surface area (Å²) in [5.74, 6) is 0.866. The summed E-state index contributed by atoms with van der Waals surface area (Å²) in [5, 5.41) is 0.955. The molecule has 0 amide bonds. The first-order valence-electron chi connectivity index (χ1n) is 3.54. The summed E-state index contributed by atoms with van der Waals surface area (Å²) in [6.45, 7) is 5.61. The lowest BCUT2D eigenvalue weighted by Gasteiger charge is -1.98. The normalized spacial score (nSPS) is 9.75. The molecule has 0 atom stereocenters. The summed E-state index contributed by atoms with van der Waals surface area (Å²) in [4.78, 5) is 7.10. The lowest BCUT2D eigenvalue weighted by atomic mass is 10.5. The maximum Gasteiger partial charge on any atom is 0.198 e. The second kappa shape index (κ2) is 4.42. The Hall–Kier alpha value is -0.610. The number of thioether (sulfide) groups is 1. The maximum atomic E-state index is 4.93. The molecule has 1 N–H and O–H groups in total. The van der Waals surface area contributed by atoms with Gasteiger partial charge in [-0.1, -0.05) is 6.08 Å². The molecule has 0 aliphatic rings. The summed E-state index contributed by atoms with van der Waals surface area (Å²) in [5.41, 5.74) is 1.04. The van der Waals surface area contributed by atoms with Crippen LogP contribution >= 0.6 is 24.0 Å². The first-order valence-corrected chi connectivity index (χ1v) is 4.93. The van der Waals surface area contributed by atoms with Crippen LogP contribution in [-0.2, 0) is 0 Å². The zero-order valence-electron chi connectivity index (χ0n) is 6.83. The highest BCUT2D eigenvalue weighted by molar-refractivity contribution is 7.99. The van der Waals surface area contributed by atoms with E-state index in [-0.39, 0.29) is 0 Å². The van der Waals surface area contributed by atoms with Crippen LogP contribution in [0.2, 0.25) is 0 Å². The number of rotatable bonds is 3. The summed E-state index contributed by atoms with van der Waals surface area (Å²) in [6.07, 6.45) is 1.85. The zero-order valence-corrected chi connectivity index (χ0v) is 8.47. The Bertz CT molecular complexity index is 330. The van der Waals surface area contributed by atoms with Gasteiger partial charge in [0.15, 0.2) is 4.77 Å². The molecular formula is C8H10N2S2. The van der Waals surface area contributed by atoms with Gasteiger partial charge in [-0.2, -0.15) is 0 Å². The molecule has 0 radical (unpaired) electrons. The Labute approximate surface area is 81.1 Å². The Balaban J connectivity index is 2.85. The summed E-state index contributed by atoms with van der Waals surface area (Å²) < 4.78 is 0.543. The molecule has 0 aliphatic heterocycles. The minimum atomic E-state index is 0.543. The van der Waals surface area contributed by atoms with Crippen molar-refractivity contribution in [1.29, 1.82) is 0 Å². The smallest absolute Gasteiger partial charge is 0.198 e. The van der Waals surface area contributed by atoms with Crippen LogP contribution in [0.4, 0.5) is 0 Å². The number of nitrogens with one attached hydrogen (secondary N) is 1. The predicted molar refractivity (Wildman–Crippen MR) is 55.1 cm³/mol. The minimum absolute atomic E-state index is 0.543. The van der Waals surface area contributed by atoms with Gasteiger partial charge in [0.1, 0.15) is 5.03 Å². The van der Waals surface area contributed by atoms with Crippen molar-refractivity contribution in [3.8, 4) is 0 Å². The van der Waals surface area contributed by atoms with Crippen LogP contribution in [0.1, 0.15) is 5.69 Å². The van der Waals surface area contributed by atoms with Crippen molar-refractivity contribution in [2.75, 3.05) is 5.75 Å². The largest absolute Gasteiger partial charge is 0.335 e. The van der Waals surface area contributed by atoms with Gasteiger partial charge in [0, 0.05) is 11.4 Å². The van der Waals surface area contributed by atoms with Crippen LogP contribution in [0.3, 0.4) is 0 Å². The van der Waals surface area contributed by atoms with Gasteiger partial charge in [0.25, 0.3) is 0 Å². The van der Waals surface area contributed by atoms with Gasteiger partial charge in [-0.3, -0.25) is 0 Å². The van der Waals surface area contributed by atoms with Crippen LogP contribution in [0, 0.1) is 11.7 Å². The topological polar surface area (TPSA) is 28.7 Å². The van der Waals surface area contributed by atoms with Gasteiger partial charge < -0.3 is 4.98 Å². The third kappa shape index (κ3) is 2.79. The maximum absolute atomic E-state index is 4.93. The molecule has 0 saturated heterocycles. The van der Waals surface area contributed by atoms with Gasteiger partial charge in [-0.25, -0.2) is 4.98 Å². The summed E-state index contributed by atoms with van der Waals surface area (Å²) >= 11 is 6.56. The SMILES string of the molecule is C=CCSc1cc(C)[nH]c(=S)n1. The van der Waals surface area contributed by atoms with Crippen molar-refractivity contribution in [3.05, 3.63) is 29.2 Å². The molecular weight excluding hydrogens is 188 g/mol. The van der Waals surface area contributed by atoms with Gasteiger partial charge in [0.05, 0.1) is 0 Å². The van der Waals surface area contributed by atoms with Crippen molar-refractivity contribution >= 4 is 24.0 Å². The Morgan fingerprint density at radius 3 is 3.17 bits per heavy atom. The van der Waals surface area contributed by atoms with Gasteiger partial charge in [0.2, 0.25) is 0 Å². The van der Waals surface area contributed by atoms with Gasteiger partial charge in [-0.15, -0.1) is 18.3 Å². The highest BCUT2D eigenvalue weighted by atomic mass is 32.2. The third-order valence-corrected chi connectivity index (χ3v) is 2.31. The molecule has 64 valence electrons. The second-order valence-corrected chi connectivity index (χ2v) is 3.73. The molecule has 0 spiro atoms. The Morgan fingerprint density at radius 1 is 1.83 bits per heavy atom. The number of hydrogen-bond acceptors (Lipinski definition) is 3. The van der Waals surface area contributed by atoms with E-state index in [1.165, 1.54) is 0 Å². The van der Waals surface area contributed by atoms with Crippen molar-refractivity contribution in [2.45, 2.75) is 11.9 Å². The van der Waals surface area contributed by atoms with E-state index in [9.17, 15) is 0 Å². The Kier molecular flexibility index (Phi) is 3.49.